The molecule has 0 radical (unpaired) electrons. The lowest BCUT2D eigenvalue weighted by Crippen LogP contribution is -2.37. The fraction of sp³-hybridized carbons (Fsp3) is 0.714. The largest absolute Gasteiger partial charge is 0.271 e. The summed E-state index contributed by atoms with van der Waals surface area (Å²) in [5, 5.41) is 2.14. The van der Waals surface area contributed by atoms with E-state index >= 15 is 0 Å². The molecule has 0 spiro atoms. The zero-order chi connectivity index (χ0) is 11.9. The Bertz CT molecular complexity index is 291. The number of rotatable bonds is 6. The van der Waals surface area contributed by atoms with Gasteiger partial charge >= 0.3 is 0 Å². The van der Waals surface area contributed by atoms with Crippen molar-refractivity contribution in [2.24, 2.45) is 11.8 Å². The number of hydrazine groups is 1. The molecule has 0 aliphatic heterocycles. The molecular weight excluding hydrogens is 228 g/mol. The third kappa shape index (κ3) is 4.41. The van der Waals surface area contributed by atoms with E-state index in [1.54, 1.807) is 0 Å². The molecule has 1 fully saturated rings. The second-order valence-corrected chi connectivity index (χ2v) is 6.26. The van der Waals surface area contributed by atoms with Crippen LogP contribution in [-0.4, -0.2) is 6.04 Å². The van der Waals surface area contributed by atoms with E-state index < -0.39 is 0 Å². The Balaban J connectivity index is 1.71. The first kappa shape index (κ1) is 13.1. The molecule has 2 nitrogen and oxygen atoms in total. The maximum absolute atomic E-state index is 5.66. The summed E-state index contributed by atoms with van der Waals surface area (Å²) in [6.45, 7) is 0. The lowest BCUT2D eigenvalue weighted by molar-refractivity contribution is 0.313. The molecule has 1 aromatic rings. The molecule has 1 saturated carbocycles. The molecule has 1 heterocycles. The molecule has 1 atom stereocenters. The van der Waals surface area contributed by atoms with Crippen LogP contribution in [0.2, 0.25) is 0 Å². The predicted octanol–water partition coefficient (Wildman–Crippen LogP) is 3.48. The molecule has 96 valence electrons. The molecule has 1 unspecified atom stereocenters. The minimum Gasteiger partial charge on any atom is -0.271 e. The van der Waals surface area contributed by atoms with Crippen LogP contribution in [0.25, 0.3) is 0 Å². The van der Waals surface area contributed by atoms with Crippen LogP contribution < -0.4 is 11.3 Å². The van der Waals surface area contributed by atoms with Gasteiger partial charge in [-0.1, -0.05) is 38.2 Å². The standard InChI is InChI=1S/C14H24N2S/c15-16-13(11-14-7-4-10-17-14)9-8-12-5-2-1-3-6-12/h4,7,10,12-13,16H,1-3,5-6,8-9,11,15H2. The molecule has 3 N–H and O–H groups in total. The SMILES string of the molecule is NNC(CCC1CCCCC1)Cc1cccs1. The van der Waals surface area contributed by atoms with E-state index in [4.69, 9.17) is 5.84 Å². The highest BCUT2D eigenvalue weighted by Crippen LogP contribution is 2.28. The van der Waals surface area contributed by atoms with Crippen LogP contribution in [-0.2, 0) is 6.42 Å². The van der Waals surface area contributed by atoms with Gasteiger partial charge in [0.1, 0.15) is 0 Å². The minimum atomic E-state index is 0.454. The van der Waals surface area contributed by atoms with Crippen molar-refractivity contribution in [3.63, 3.8) is 0 Å². The minimum absolute atomic E-state index is 0.454. The topological polar surface area (TPSA) is 38.0 Å². The lowest BCUT2D eigenvalue weighted by Gasteiger charge is -2.23. The Kier molecular flexibility index (Phi) is 5.49. The third-order valence-electron chi connectivity index (χ3n) is 3.91. The molecule has 0 saturated heterocycles. The highest BCUT2D eigenvalue weighted by atomic mass is 32.1. The third-order valence-corrected chi connectivity index (χ3v) is 4.81. The number of hydrogen-bond acceptors (Lipinski definition) is 3. The van der Waals surface area contributed by atoms with Gasteiger partial charge in [-0.3, -0.25) is 11.3 Å². The first-order valence-electron chi connectivity index (χ1n) is 6.87. The summed E-state index contributed by atoms with van der Waals surface area (Å²) in [4.78, 5) is 1.44. The second-order valence-electron chi connectivity index (χ2n) is 5.23. The summed E-state index contributed by atoms with van der Waals surface area (Å²) in [6, 6.07) is 4.78. The Morgan fingerprint density at radius 1 is 1.35 bits per heavy atom. The normalized spacial score (nSPS) is 19.4. The molecular formula is C14H24N2S. The Labute approximate surface area is 109 Å². The van der Waals surface area contributed by atoms with Crippen molar-refractivity contribution in [1.29, 1.82) is 0 Å². The van der Waals surface area contributed by atoms with Crippen molar-refractivity contribution in [3.8, 4) is 0 Å². The van der Waals surface area contributed by atoms with Gasteiger partial charge < -0.3 is 0 Å². The highest BCUT2D eigenvalue weighted by molar-refractivity contribution is 7.09. The highest BCUT2D eigenvalue weighted by Gasteiger charge is 2.16. The molecule has 17 heavy (non-hydrogen) atoms. The lowest BCUT2D eigenvalue weighted by atomic mass is 9.85. The molecule has 1 aliphatic rings. The van der Waals surface area contributed by atoms with E-state index in [2.05, 4.69) is 22.9 Å². The van der Waals surface area contributed by atoms with Crippen LogP contribution in [0, 0.1) is 5.92 Å². The Morgan fingerprint density at radius 2 is 2.18 bits per heavy atom. The summed E-state index contributed by atoms with van der Waals surface area (Å²) < 4.78 is 0. The molecule has 3 heteroatoms. The average molecular weight is 252 g/mol. The summed E-state index contributed by atoms with van der Waals surface area (Å²) in [7, 11) is 0. The van der Waals surface area contributed by atoms with E-state index in [1.807, 2.05) is 11.3 Å². The number of nitrogens with two attached hydrogens (primary N) is 1. The van der Waals surface area contributed by atoms with E-state index in [9.17, 15) is 0 Å². The maximum Gasteiger partial charge on any atom is 0.0258 e. The quantitative estimate of drug-likeness (QED) is 0.601. The molecule has 1 aliphatic carbocycles. The monoisotopic (exact) mass is 252 g/mol. The average Bonchev–Trinajstić information content (AvgIpc) is 2.88. The van der Waals surface area contributed by atoms with Crippen molar-refractivity contribution >= 4 is 11.3 Å². The smallest absolute Gasteiger partial charge is 0.0258 e. The number of nitrogens with one attached hydrogen (secondary N) is 1. The van der Waals surface area contributed by atoms with Crippen molar-refractivity contribution < 1.29 is 0 Å². The summed E-state index contributed by atoms with van der Waals surface area (Å²) >= 11 is 1.83. The van der Waals surface area contributed by atoms with Crippen molar-refractivity contribution in [3.05, 3.63) is 22.4 Å². The van der Waals surface area contributed by atoms with Gasteiger partial charge in [-0.25, -0.2) is 0 Å². The Morgan fingerprint density at radius 3 is 2.82 bits per heavy atom. The van der Waals surface area contributed by atoms with Gasteiger partial charge in [-0.05, 0) is 36.6 Å². The van der Waals surface area contributed by atoms with Crippen LogP contribution in [0.4, 0.5) is 0 Å². The molecule has 1 aromatic heterocycles. The first-order chi connectivity index (χ1) is 8.38. The summed E-state index contributed by atoms with van der Waals surface area (Å²) in [6.07, 6.45) is 10.9. The van der Waals surface area contributed by atoms with Crippen LogP contribution in [0.5, 0.6) is 0 Å². The maximum atomic E-state index is 5.66. The number of hydrogen-bond donors (Lipinski definition) is 2. The molecule has 0 amide bonds. The summed E-state index contributed by atoms with van der Waals surface area (Å²) in [5.41, 5.74) is 2.99. The van der Waals surface area contributed by atoms with Gasteiger partial charge in [0.05, 0.1) is 0 Å². The van der Waals surface area contributed by atoms with E-state index in [-0.39, 0.29) is 0 Å². The second kappa shape index (κ2) is 7.14. The van der Waals surface area contributed by atoms with Gasteiger partial charge in [0.15, 0.2) is 0 Å². The van der Waals surface area contributed by atoms with Crippen LogP contribution in [0.15, 0.2) is 17.5 Å². The fourth-order valence-corrected chi connectivity index (χ4v) is 3.62. The molecule has 2 rings (SSSR count). The van der Waals surface area contributed by atoms with E-state index in [0.29, 0.717) is 6.04 Å². The first-order valence-corrected chi connectivity index (χ1v) is 7.75. The van der Waals surface area contributed by atoms with Gasteiger partial charge in [-0.2, -0.15) is 0 Å². The van der Waals surface area contributed by atoms with Crippen molar-refractivity contribution in [2.45, 2.75) is 57.4 Å². The van der Waals surface area contributed by atoms with Gasteiger partial charge in [0.2, 0.25) is 0 Å². The zero-order valence-electron chi connectivity index (χ0n) is 10.5. The molecule has 0 aromatic carbocycles. The van der Waals surface area contributed by atoms with Crippen molar-refractivity contribution in [2.75, 3.05) is 0 Å². The van der Waals surface area contributed by atoms with Gasteiger partial charge in [0, 0.05) is 10.9 Å². The number of thiophene rings is 1. The zero-order valence-corrected chi connectivity index (χ0v) is 11.3. The van der Waals surface area contributed by atoms with Gasteiger partial charge in [0.25, 0.3) is 0 Å². The summed E-state index contributed by atoms with van der Waals surface area (Å²) in [5.74, 6) is 6.62. The molecule has 0 bridgehead atoms. The predicted molar refractivity (Wildman–Crippen MR) is 74.9 cm³/mol. The van der Waals surface area contributed by atoms with Crippen LogP contribution in [0.1, 0.15) is 49.8 Å². The van der Waals surface area contributed by atoms with E-state index in [0.717, 1.165) is 12.3 Å². The fourth-order valence-electron chi connectivity index (χ4n) is 2.83. The van der Waals surface area contributed by atoms with Crippen LogP contribution >= 0.6 is 11.3 Å². The van der Waals surface area contributed by atoms with E-state index in [1.165, 1.54) is 49.8 Å². The van der Waals surface area contributed by atoms with Gasteiger partial charge in [-0.15, -0.1) is 11.3 Å². The van der Waals surface area contributed by atoms with Crippen molar-refractivity contribution in [1.82, 2.24) is 5.43 Å². The Hall–Kier alpha value is -0.380. The van der Waals surface area contributed by atoms with Crippen LogP contribution in [0.3, 0.4) is 0 Å².